The molecule has 1 aliphatic rings. The third-order valence-electron chi connectivity index (χ3n) is 3.61. The second-order valence-electron chi connectivity index (χ2n) is 5.14. The summed E-state index contributed by atoms with van der Waals surface area (Å²) in [5.74, 6) is 0.519. The van der Waals surface area contributed by atoms with Gasteiger partial charge in [0.15, 0.2) is 0 Å². The molecule has 0 saturated carbocycles. The van der Waals surface area contributed by atoms with Gasteiger partial charge in [-0.2, -0.15) is 0 Å². The van der Waals surface area contributed by atoms with Gasteiger partial charge in [-0.05, 0) is 36.6 Å². The standard InChI is InChI=1S/C15H16N4O/c1-9-3-2-4-17-14(9)19-15(20)11-5-10-6-12(16)8-18-13(10)7-11/h2-4,6,8,11H,5,7,16H2,1H3,(H,17,19,20). The average molecular weight is 268 g/mol. The predicted molar refractivity (Wildman–Crippen MR) is 77.2 cm³/mol. The molecule has 0 bridgehead atoms. The molecule has 0 spiro atoms. The van der Waals surface area contributed by atoms with Crippen LogP contribution in [-0.4, -0.2) is 15.9 Å². The molecule has 2 aromatic heterocycles. The average Bonchev–Trinajstić information content (AvgIpc) is 2.84. The van der Waals surface area contributed by atoms with E-state index >= 15 is 0 Å². The van der Waals surface area contributed by atoms with Crippen molar-refractivity contribution in [3.63, 3.8) is 0 Å². The Hall–Kier alpha value is -2.43. The molecule has 102 valence electrons. The number of nitrogens with one attached hydrogen (secondary N) is 1. The number of carbonyl (C=O) groups is 1. The zero-order valence-corrected chi connectivity index (χ0v) is 11.3. The zero-order chi connectivity index (χ0) is 14.1. The van der Waals surface area contributed by atoms with E-state index in [9.17, 15) is 4.79 Å². The zero-order valence-electron chi connectivity index (χ0n) is 11.3. The maximum absolute atomic E-state index is 12.3. The van der Waals surface area contributed by atoms with Crippen molar-refractivity contribution in [2.24, 2.45) is 5.92 Å². The summed E-state index contributed by atoms with van der Waals surface area (Å²) >= 11 is 0. The number of rotatable bonds is 2. The molecule has 1 aliphatic carbocycles. The van der Waals surface area contributed by atoms with E-state index in [0.717, 1.165) is 16.8 Å². The molecule has 20 heavy (non-hydrogen) atoms. The van der Waals surface area contributed by atoms with E-state index in [-0.39, 0.29) is 11.8 Å². The lowest BCUT2D eigenvalue weighted by molar-refractivity contribution is -0.119. The Labute approximate surface area is 117 Å². The molecule has 2 heterocycles. The summed E-state index contributed by atoms with van der Waals surface area (Å²) in [6.45, 7) is 1.92. The minimum atomic E-state index is -0.0966. The van der Waals surface area contributed by atoms with Crippen LogP contribution in [0.15, 0.2) is 30.6 Å². The van der Waals surface area contributed by atoms with Crippen LogP contribution in [0, 0.1) is 12.8 Å². The van der Waals surface area contributed by atoms with Crippen molar-refractivity contribution in [2.45, 2.75) is 19.8 Å². The van der Waals surface area contributed by atoms with Crippen LogP contribution >= 0.6 is 0 Å². The number of aromatic nitrogens is 2. The van der Waals surface area contributed by atoms with Crippen LogP contribution in [0.4, 0.5) is 11.5 Å². The smallest absolute Gasteiger partial charge is 0.229 e. The summed E-state index contributed by atoms with van der Waals surface area (Å²) in [5.41, 5.74) is 9.37. The molecule has 1 amide bonds. The van der Waals surface area contributed by atoms with Crippen molar-refractivity contribution >= 4 is 17.4 Å². The van der Waals surface area contributed by atoms with E-state index in [1.807, 2.05) is 25.1 Å². The fourth-order valence-corrected chi connectivity index (χ4v) is 2.51. The minimum Gasteiger partial charge on any atom is -0.397 e. The summed E-state index contributed by atoms with van der Waals surface area (Å²) in [6, 6.07) is 5.68. The van der Waals surface area contributed by atoms with E-state index in [1.165, 1.54) is 0 Å². The van der Waals surface area contributed by atoms with E-state index in [2.05, 4.69) is 15.3 Å². The first-order valence-corrected chi connectivity index (χ1v) is 6.59. The van der Waals surface area contributed by atoms with Crippen LogP contribution in [0.25, 0.3) is 0 Å². The maximum atomic E-state index is 12.3. The minimum absolute atomic E-state index is 0.0108. The summed E-state index contributed by atoms with van der Waals surface area (Å²) in [4.78, 5) is 20.8. The summed E-state index contributed by atoms with van der Waals surface area (Å²) in [6.07, 6.45) is 4.66. The highest BCUT2D eigenvalue weighted by molar-refractivity contribution is 5.93. The van der Waals surface area contributed by atoms with Crippen LogP contribution in [-0.2, 0) is 17.6 Å². The first-order chi connectivity index (χ1) is 9.63. The van der Waals surface area contributed by atoms with Gasteiger partial charge in [-0.15, -0.1) is 0 Å². The monoisotopic (exact) mass is 268 g/mol. The van der Waals surface area contributed by atoms with Crippen LogP contribution < -0.4 is 11.1 Å². The number of fused-ring (bicyclic) bond motifs is 1. The highest BCUT2D eigenvalue weighted by atomic mass is 16.1. The van der Waals surface area contributed by atoms with Gasteiger partial charge in [-0.3, -0.25) is 9.78 Å². The van der Waals surface area contributed by atoms with Gasteiger partial charge in [-0.1, -0.05) is 6.07 Å². The fourth-order valence-electron chi connectivity index (χ4n) is 2.51. The molecule has 5 heteroatoms. The number of amides is 1. The van der Waals surface area contributed by atoms with Crippen LogP contribution in [0.2, 0.25) is 0 Å². The number of nitrogens with two attached hydrogens (primary N) is 1. The Morgan fingerprint density at radius 2 is 2.25 bits per heavy atom. The molecular weight excluding hydrogens is 252 g/mol. The quantitative estimate of drug-likeness (QED) is 0.869. The predicted octanol–water partition coefficient (Wildman–Crippen LogP) is 1.72. The lowest BCUT2D eigenvalue weighted by Gasteiger charge is -2.11. The van der Waals surface area contributed by atoms with Gasteiger partial charge in [0.25, 0.3) is 0 Å². The Kier molecular flexibility index (Phi) is 3.10. The lowest BCUT2D eigenvalue weighted by Crippen LogP contribution is -2.24. The van der Waals surface area contributed by atoms with Gasteiger partial charge >= 0.3 is 0 Å². The molecule has 5 nitrogen and oxygen atoms in total. The van der Waals surface area contributed by atoms with Crippen molar-refractivity contribution in [2.75, 3.05) is 11.1 Å². The van der Waals surface area contributed by atoms with E-state index in [0.29, 0.717) is 24.3 Å². The largest absolute Gasteiger partial charge is 0.397 e. The molecule has 0 aliphatic heterocycles. The lowest BCUT2D eigenvalue weighted by atomic mass is 10.1. The summed E-state index contributed by atoms with van der Waals surface area (Å²) in [5, 5.41) is 2.89. The Bertz CT molecular complexity index is 669. The molecule has 0 saturated heterocycles. The van der Waals surface area contributed by atoms with Crippen molar-refractivity contribution < 1.29 is 4.79 Å². The molecule has 3 rings (SSSR count). The van der Waals surface area contributed by atoms with E-state index in [1.54, 1.807) is 12.4 Å². The van der Waals surface area contributed by atoms with Crippen LogP contribution in [0.1, 0.15) is 16.8 Å². The number of carbonyl (C=O) groups excluding carboxylic acids is 1. The first kappa shape index (κ1) is 12.6. The van der Waals surface area contributed by atoms with Gasteiger partial charge in [0, 0.05) is 24.2 Å². The number of nitrogens with zero attached hydrogens (tertiary/aromatic N) is 2. The van der Waals surface area contributed by atoms with Crippen molar-refractivity contribution in [1.82, 2.24) is 9.97 Å². The molecule has 3 N–H and O–H groups in total. The number of pyridine rings is 2. The van der Waals surface area contributed by atoms with E-state index in [4.69, 9.17) is 5.73 Å². The first-order valence-electron chi connectivity index (χ1n) is 6.59. The molecule has 2 aromatic rings. The second-order valence-corrected chi connectivity index (χ2v) is 5.14. The van der Waals surface area contributed by atoms with Crippen molar-refractivity contribution in [3.8, 4) is 0 Å². The SMILES string of the molecule is Cc1cccnc1NC(=O)C1Cc2cc(N)cnc2C1. The Morgan fingerprint density at radius 1 is 1.40 bits per heavy atom. The number of hydrogen-bond donors (Lipinski definition) is 2. The molecule has 1 unspecified atom stereocenters. The second kappa shape index (κ2) is 4.92. The van der Waals surface area contributed by atoms with Crippen LogP contribution in [0.5, 0.6) is 0 Å². The molecule has 0 radical (unpaired) electrons. The van der Waals surface area contributed by atoms with Gasteiger partial charge < -0.3 is 11.1 Å². The molecular formula is C15H16N4O. The van der Waals surface area contributed by atoms with Gasteiger partial charge in [0.05, 0.1) is 11.9 Å². The highest BCUT2D eigenvalue weighted by Crippen LogP contribution is 2.27. The fraction of sp³-hybridized carbons (Fsp3) is 0.267. The van der Waals surface area contributed by atoms with Crippen molar-refractivity contribution in [3.05, 3.63) is 47.4 Å². The third kappa shape index (κ3) is 2.34. The Morgan fingerprint density at radius 3 is 3.05 bits per heavy atom. The van der Waals surface area contributed by atoms with Gasteiger partial charge in [0.2, 0.25) is 5.91 Å². The number of nitrogen functional groups attached to an aromatic ring is 1. The molecule has 1 atom stereocenters. The van der Waals surface area contributed by atoms with Gasteiger partial charge in [-0.25, -0.2) is 4.98 Å². The van der Waals surface area contributed by atoms with Gasteiger partial charge in [0.1, 0.15) is 5.82 Å². The highest BCUT2D eigenvalue weighted by Gasteiger charge is 2.28. The Balaban J connectivity index is 1.73. The summed E-state index contributed by atoms with van der Waals surface area (Å²) in [7, 11) is 0. The number of aryl methyl sites for hydroxylation is 1. The van der Waals surface area contributed by atoms with Crippen molar-refractivity contribution in [1.29, 1.82) is 0 Å². The summed E-state index contributed by atoms with van der Waals surface area (Å²) < 4.78 is 0. The number of hydrogen-bond acceptors (Lipinski definition) is 4. The maximum Gasteiger partial charge on any atom is 0.229 e. The van der Waals surface area contributed by atoms with Crippen LogP contribution in [0.3, 0.4) is 0 Å². The molecule has 0 aromatic carbocycles. The normalized spacial score (nSPS) is 16.8. The third-order valence-corrected chi connectivity index (χ3v) is 3.61. The topological polar surface area (TPSA) is 80.9 Å². The molecule has 0 fully saturated rings. The van der Waals surface area contributed by atoms with E-state index < -0.39 is 0 Å². The number of anilines is 2.